The summed E-state index contributed by atoms with van der Waals surface area (Å²) in [5.74, 6) is 0.715. The third kappa shape index (κ3) is 3.99. The summed E-state index contributed by atoms with van der Waals surface area (Å²) in [5, 5.41) is 17.3. The van der Waals surface area contributed by atoms with Gasteiger partial charge in [-0.1, -0.05) is 6.07 Å². The largest absolute Gasteiger partial charge is 0.504 e. The standard InChI is InChI=1S/C15H21N3O2/c1-3-20-15-9-13(5-6-14(15)19)10-16-12(2)11-18-8-4-7-17-18/h4-9,12,16,19H,3,10-11H2,1-2H3. The van der Waals surface area contributed by atoms with Gasteiger partial charge in [0.15, 0.2) is 11.5 Å². The van der Waals surface area contributed by atoms with Gasteiger partial charge in [-0.05, 0) is 37.6 Å². The molecule has 0 bridgehead atoms. The first-order valence-electron chi connectivity index (χ1n) is 6.84. The van der Waals surface area contributed by atoms with Gasteiger partial charge < -0.3 is 15.2 Å². The summed E-state index contributed by atoms with van der Waals surface area (Å²) in [6.07, 6.45) is 3.73. The Labute approximate surface area is 119 Å². The predicted molar refractivity (Wildman–Crippen MR) is 77.8 cm³/mol. The summed E-state index contributed by atoms with van der Waals surface area (Å²) in [6.45, 7) is 6.11. The predicted octanol–water partition coefficient (Wildman–Crippen LogP) is 2.17. The molecule has 108 valence electrons. The number of hydrogen-bond acceptors (Lipinski definition) is 4. The number of aromatic hydroxyl groups is 1. The van der Waals surface area contributed by atoms with E-state index in [1.54, 1.807) is 12.3 Å². The van der Waals surface area contributed by atoms with Gasteiger partial charge in [-0.2, -0.15) is 5.10 Å². The van der Waals surface area contributed by atoms with Crippen LogP contribution in [0.2, 0.25) is 0 Å². The molecule has 0 spiro atoms. The summed E-state index contributed by atoms with van der Waals surface area (Å²) in [4.78, 5) is 0. The van der Waals surface area contributed by atoms with Gasteiger partial charge in [0.25, 0.3) is 0 Å². The maximum Gasteiger partial charge on any atom is 0.161 e. The fourth-order valence-corrected chi connectivity index (χ4v) is 1.99. The second-order valence-electron chi connectivity index (χ2n) is 4.75. The van der Waals surface area contributed by atoms with Crippen LogP contribution in [-0.2, 0) is 13.1 Å². The number of aromatic nitrogens is 2. The van der Waals surface area contributed by atoms with Gasteiger partial charge in [0.2, 0.25) is 0 Å². The van der Waals surface area contributed by atoms with E-state index in [1.165, 1.54) is 0 Å². The summed E-state index contributed by atoms with van der Waals surface area (Å²) in [5.41, 5.74) is 1.08. The van der Waals surface area contributed by atoms with Crippen LogP contribution in [0.1, 0.15) is 19.4 Å². The molecule has 2 aromatic rings. The Morgan fingerprint density at radius 1 is 1.45 bits per heavy atom. The van der Waals surface area contributed by atoms with E-state index in [0.717, 1.165) is 18.7 Å². The molecule has 0 aliphatic rings. The fraction of sp³-hybridized carbons (Fsp3) is 0.400. The molecule has 0 amide bonds. The molecular formula is C15H21N3O2. The average Bonchev–Trinajstić information content (AvgIpc) is 2.93. The van der Waals surface area contributed by atoms with Crippen molar-refractivity contribution < 1.29 is 9.84 Å². The second kappa shape index (κ2) is 6.96. The van der Waals surface area contributed by atoms with Crippen molar-refractivity contribution >= 4 is 0 Å². The Bertz CT molecular complexity index is 526. The van der Waals surface area contributed by atoms with Crippen molar-refractivity contribution in [2.45, 2.75) is 33.0 Å². The van der Waals surface area contributed by atoms with Crippen LogP contribution in [0.25, 0.3) is 0 Å². The Morgan fingerprint density at radius 3 is 3.00 bits per heavy atom. The second-order valence-corrected chi connectivity index (χ2v) is 4.75. The number of ether oxygens (including phenoxy) is 1. The number of benzene rings is 1. The lowest BCUT2D eigenvalue weighted by molar-refractivity contribution is 0.317. The quantitative estimate of drug-likeness (QED) is 0.813. The Kier molecular flexibility index (Phi) is 5.01. The number of nitrogens with zero attached hydrogens (tertiary/aromatic N) is 2. The van der Waals surface area contributed by atoms with E-state index >= 15 is 0 Å². The highest BCUT2D eigenvalue weighted by atomic mass is 16.5. The van der Waals surface area contributed by atoms with Gasteiger partial charge >= 0.3 is 0 Å². The van der Waals surface area contributed by atoms with Crippen molar-refractivity contribution in [3.05, 3.63) is 42.2 Å². The minimum atomic E-state index is 0.181. The van der Waals surface area contributed by atoms with Crippen LogP contribution in [0.4, 0.5) is 0 Å². The number of phenolic OH excluding ortho intramolecular Hbond substituents is 1. The van der Waals surface area contributed by atoms with Crippen LogP contribution in [0.3, 0.4) is 0 Å². The van der Waals surface area contributed by atoms with E-state index in [1.807, 2.05) is 36.0 Å². The smallest absolute Gasteiger partial charge is 0.161 e. The molecule has 0 aliphatic heterocycles. The molecule has 1 aromatic carbocycles. The van der Waals surface area contributed by atoms with Crippen molar-refractivity contribution in [3.8, 4) is 11.5 Å². The van der Waals surface area contributed by atoms with Crippen molar-refractivity contribution in [2.24, 2.45) is 0 Å². The van der Waals surface area contributed by atoms with Crippen LogP contribution >= 0.6 is 0 Å². The minimum Gasteiger partial charge on any atom is -0.504 e. The Balaban J connectivity index is 1.88. The third-order valence-corrected chi connectivity index (χ3v) is 3.00. The van der Waals surface area contributed by atoms with E-state index in [-0.39, 0.29) is 5.75 Å². The van der Waals surface area contributed by atoms with Crippen LogP contribution in [0, 0.1) is 0 Å². The molecule has 0 aliphatic carbocycles. The molecule has 0 radical (unpaired) electrons. The van der Waals surface area contributed by atoms with E-state index < -0.39 is 0 Å². The van der Waals surface area contributed by atoms with Crippen molar-refractivity contribution in [1.29, 1.82) is 0 Å². The summed E-state index contributed by atoms with van der Waals surface area (Å²) in [6, 6.07) is 7.65. The first-order chi connectivity index (χ1) is 9.69. The number of phenols is 1. The lowest BCUT2D eigenvalue weighted by Crippen LogP contribution is -2.30. The molecule has 0 fully saturated rings. The maximum absolute atomic E-state index is 9.66. The van der Waals surface area contributed by atoms with Gasteiger partial charge in [0.1, 0.15) is 0 Å². The van der Waals surface area contributed by atoms with Crippen molar-refractivity contribution in [2.75, 3.05) is 6.61 Å². The highest BCUT2D eigenvalue weighted by molar-refractivity contribution is 5.41. The molecule has 0 saturated heterocycles. The lowest BCUT2D eigenvalue weighted by atomic mass is 10.2. The molecule has 20 heavy (non-hydrogen) atoms. The zero-order valence-electron chi connectivity index (χ0n) is 11.9. The molecule has 5 nitrogen and oxygen atoms in total. The maximum atomic E-state index is 9.66. The number of rotatable bonds is 7. The fourth-order valence-electron chi connectivity index (χ4n) is 1.99. The van der Waals surface area contributed by atoms with Gasteiger partial charge in [0.05, 0.1) is 13.2 Å². The van der Waals surface area contributed by atoms with E-state index in [9.17, 15) is 5.11 Å². The molecular weight excluding hydrogens is 254 g/mol. The minimum absolute atomic E-state index is 0.181. The SMILES string of the molecule is CCOc1cc(CNC(C)Cn2cccn2)ccc1O. The normalized spacial score (nSPS) is 12.3. The van der Waals surface area contributed by atoms with Gasteiger partial charge in [-0.25, -0.2) is 0 Å². The first kappa shape index (κ1) is 14.4. The molecule has 1 aromatic heterocycles. The van der Waals surface area contributed by atoms with E-state index in [2.05, 4.69) is 17.3 Å². The summed E-state index contributed by atoms with van der Waals surface area (Å²) < 4.78 is 7.28. The van der Waals surface area contributed by atoms with Crippen LogP contribution in [0.15, 0.2) is 36.7 Å². The van der Waals surface area contributed by atoms with Gasteiger partial charge in [-0.3, -0.25) is 4.68 Å². The molecule has 2 rings (SSSR count). The van der Waals surface area contributed by atoms with Gasteiger partial charge in [0, 0.05) is 25.0 Å². The van der Waals surface area contributed by atoms with Crippen molar-refractivity contribution in [1.82, 2.24) is 15.1 Å². The van der Waals surface area contributed by atoms with E-state index in [4.69, 9.17) is 4.74 Å². The lowest BCUT2D eigenvalue weighted by Gasteiger charge is -2.15. The van der Waals surface area contributed by atoms with Gasteiger partial charge in [-0.15, -0.1) is 0 Å². The van der Waals surface area contributed by atoms with Crippen molar-refractivity contribution in [3.63, 3.8) is 0 Å². The Hall–Kier alpha value is -2.01. The molecule has 1 unspecified atom stereocenters. The molecule has 0 saturated carbocycles. The van der Waals surface area contributed by atoms with Crippen LogP contribution < -0.4 is 10.1 Å². The monoisotopic (exact) mass is 275 g/mol. The number of hydrogen-bond donors (Lipinski definition) is 2. The molecule has 5 heteroatoms. The average molecular weight is 275 g/mol. The molecule has 1 atom stereocenters. The highest BCUT2D eigenvalue weighted by Gasteiger charge is 2.06. The zero-order valence-corrected chi connectivity index (χ0v) is 11.9. The molecule has 2 N–H and O–H groups in total. The number of nitrogens with one attached hydrogen (secondary N) is 1. The summed E-state index contributed by atoms with van der Waals surface area (Å²) in [7, 11) is 0. The van der Waals surface area contributed by atoms with Crippen LogP contribution in [-0.4, -0.2) is 27.5 Å². The van der Waals surface area contributed by atoms with E-state index in [0.29, 0.717) is 18.4 Å². The highest BCUT2D eigenvalue weighted by Crippen LogP contribution is 2.26. The molecule has 1 heterocycles. The summed E-state index contributed by atoms with van der Waals surface area (Å²) >= 11 is 0. The Morgan fingerprint density at radius 2 is 2.30 bits per heavy atom. The third-order valence-electron chi connectivity index (χ3n) is 3.00. The zero-order chi connectivity index (χ0) is 14.4. The van der Waals surface area contributed by atoms with Crippen LogP contribution in [0.5, 0.6) is 11.5 Å². The first-order valence-corrected chi connectivity index (χ1v) is 6.84. The topological polar surface area (TPSA) is 59.3 Å².